The van der Waals surface area contributed by atoms with Gasteiger partial charge in [0.15, 0.2) is 34.6 Å². The molecular weight excluding hydrogens is 798 g/mol. The SMILES string of the molecule is [Ru].c1cc(-n2cc(-c3scc4c3OCCO4)cn2)nc(-n2cc(-c3scc4c3OCCO4)cn2)c1.c1ccc(-c2cccc(-c3ccccn3)n2)nc1. The van der Waals surface area contributed by atoms with E-state index in [0.717, 1.165) is 66.7 Å². The van der Waals surface area contributed by atoms with E-state index < -0.39 is 0 Å². The monoisotopic (exact) mass is 826 g/mol. The Bertz CT molecular complexity index is 2300. The largest absolute Gasteiger partial charge is 0.485 e. The van der Waals surface area contributed by atoms with Crippen molar-refractivity contribution in [1.82, 2.24) is 39.5 Å². The van der Waals surface area contributed by atoms with Gasteiger partial charge >= 0.3 is 0 Å². The normalized spacial score (nSPS) is 12.7. The van der Waals surface area contributed by atoms with E-state index >= 15 is 0 Å². The van der Waals surface area contributed by atoms with Gasteiger partial charge in [0, 0.05) is 66.2 Å². The summed E-state index contributed by atoms with van der Waals surface area (Å²) in [5.41, 5.74) is 5.37. The van der Waals surface area contributed by atoms with Crippen LogP contribution in [0.2, 0.25) is 0 Å². The van der Waals surface area contributed by atoms with Crippen LogP contribution in [-0.2, 0) is 19.5 Å². The number of aromatic nitrogens is 8. The van der Waals surface area contributed by atoms with Crippen LogP contribution in [-0.4, -0.2) is 65.9 Å². The Kier molecular flexibility index (Phi) is 10.0. The van der Waals surface area contributed by atoms with Crippen molar-refractivity contribution < 1.29 is 38.4 Å². The molecule has 0 saturated carbocycles. The van der Waals surface area contributed by atoms with Crippen molar-refractivity contribution in [1.29, 1.82) is 0 Å². The molecule has 0 unspecified atom stereocenters. The maximum atomic E-state index is 5.81. The minimum absolute atomic E-state index is 0. The summed E-state index contributed by atoms with van der Waals surface area (Å²) in [6.07, 6.45) is 11.0. The first-order valence-corrected chi connectivity index (χ1v) is 18.1. The summed E-state index contributed by atoms with van der Waals surface area (Å²) in [5, 5.41) is 13.0. The van der Waals surface area contributed by atoms with Gasteiger partial charge in [0.1, 0.15) is 26.4 Å². The summed E-state index contributed by atoms with van der Waals surface area (Å²) in [5.74, 6) is 4.52. The Morgan fingerprint density at radius 2 is 0.981 bits per heavy atom. The van der Waals surface area contributed by atoms with Gasteiger partial charge in [-0.1, -0.05) is 24.3 Å². The number of ether oxygens (including phenoxy) is 4. The molecule has 0 saturated heterocycles. The van der Waals surface area contributed by atoms with E-state index in [-0.39, 0.29) is 19.5 Å². The second-order valence-electron chi connectivity index (χ2n) is 11.4. The molecule has 0 bridgehead atoms. The maximum absolute atomic E-state index is 5.81. The molecule has 0 atom stereocenters. The van der Waals surface area contributed by atoms with Crippen LogP contribution in [0.3, 0.4) is 0 Å². The Hall–Kier alpha value is -5.76. The van der Waals surface area contributed by atoms with Crippen molar-refractivity contribution in [2.75, 3.05) is 26.4 Å². The van der Waals surface area contributed by atoms with Gasteiger partial charge in [-0.05, 0) is 48.5 Å². The third-order valence-electron chi connectivity index (χ3n) is 8.08. The zero-order chi connectivity index (χ0) is 34.7. The minimum atomic E-state index is 0. The first-order valence-electron chi connectivity index (χ1n) is 16.4. The van der Waals surface area contributed by atoms with Crippen LogP contribution in [0.4, 0.5) is 0 Å². The van der Waals surface area contributed by atoms with E-state index in [9.17, 15) is 0 Å². The zero-order valence-corrected chi connectivity index (χ0v) is 31.1. The molecule has 0 radical (unpaired) electrons. The van der Waals surface area contributed by atoms with E-state index in [1.807, 2.05) is 108 Å². The smallest absolute Gasteiger partial charge is 0.180 e. The quantitative estimate of drug-likeness (QED) is 0.155. The molecule has 8 aromatic rings. The molecule has 0 aliphatic carbocycles. The number of hydrogen-bond donors (Lipinski definition) is 0. The molecule has 2 aliphatic rings. The fourth-order valence-corrected chi connectivity index (χ4v) is 7.49. The van der Waals surface area contributed by atoms with Crippen molar-refractivity contribution in [3.05, 3.63) is 121 Å². The van der Waals surface area contributed by atoms with Crippen molar-refractivity contribution >= 4 is 22.7 Å². The predicted molar refractivity (Wildman–Crippen MR) is 198 cm³/mol. The van der Waals surface area contributed by atoms with Crippen LogP contribution >= 0.6 is 22.7 Å². The van der Waals surface area contributed by atoms with Gasteiger partial charge in [-0.2, -0.15) is 10.2 Å². The topological polar surface area (TPSA) is 124 Å². The molecule has 2 aliphatic heterocycles. The summed E-state index contributed by atoms with van der Waals surface area (Å²) in [7, 11) is 0. The van der Waals surface area contributed by atoms with Gasteiger partial charge < -0.3 is 18.9 Å². The van der Waals surface area contributed by atoms with Gasteiger partial charge in [-0.3, -0.25) is 9.97 Å². The Balaban J connectivity index is 0.000000178. The number of fused-ring (bicyclic) bond motifs is 2. The van der Waals surface area contributed by atoms with Crippen molar-refractivity contribution in [3.8, 4) is 78.3 Å². The molecule has 12 nitrogen and oxygen atoms in total. The predicted octanol–water partition coefficient (Wildman–Crippen LogP) is 7.66. The Morgan fingerprint density at radius 3 is 1.47 bits per heavy atom. The number of hydrogen-bond acceptors (Lipinski definition) is 12. The molecule has 0 aromatic carbocycles. The van der Waals surface area contributed by atoms with Crippen LogP contribution in [0.25, 0.3) is 55.3 Å². The molecule has 8 aromatic heterocycles. The third-order valence-corrected chi connectivity index (χ3v) is 10.1. The molecule has 0 N–H and O–H groups in total. The molecule has 0 fully saturated rings. The summed E-state index contributed by atoms with van der Waals surface area (Å²) >= 11 is 3.16. The molecule has 0 spiro atoms. The second-order valence-corrected chi connectivity index (χ2v) is 13.2. The molecule has 10 rings (SSSR count). The number of thiophene rings is 2. The Labute approximate surface area is 324 Å². The van der Waals surface area contributed by atoms with Crippen molar-refractivity contribution in [2.45, 2.75) is 0 Å². The van der Waals surface area contributed by atoms with Gasteiger partial charge in [-0.15, -0.1) is 22.7 Å². The van der Waals surface area contributed by atoms with Gasteiger partial charge in [0.2, 0.25) is 0 Å². The average molecular weight is 826 g/mol. The molecule has 10 heterocycles. The molecule has 264 valence electrons. The van der Waals surface area contributed by atoms with E-state index in [2.05, 4.69) is 25.1 Å². The van der Waals surface area contributed by atoms with Crippen molar-refractivity contribution in [2.24, 2.45) is 0 Å². The first-order chi connectivity index (χ1) is 25.8. The van der Waals surface area contributed by atoms with Gasteiger partial charge in [-0.25, -0.2) is 19.3 Å². The van der Waals surface area contributed by atoms with Crippen LogP contribution < -0.4 is 18.9 Å². The van der Waals surface area contributed by atoms with E-state index in [1.165, 1.54) is 0 Å². The molecule has 53 heavy (non-hydrogen) atoms. The van der Waals surface area contributed by atoms with Crippen LogP contribution in [0.1, 0.15) is 0 Å². The first kappa shape index (κ1) is 34.3. The summed E-state index contributed by atoms with van der Waals surface area (Å²) < 4.78 is 26.5. The number of rotatable bonds is 6. The summed E-state index contributed by atoms with van der Waals surface area (Å²) in [6, 6.07) is 23.2. The van der Waals surface area contributed by atoms with Crippen molar-refractivity contribution in [3.63, 3.8) is 0 Å². The van der Waals surface area contributed by atoms with Crippen LogP contribution in [0, 0.1) is 0 Å². The Morgan fingerprint density at radius 1 is 0.509 bits per heavy atom. The van der Waals surface area contributed by atoms with Gasteiger partial charge in [0.25, 0.3) is 0 Å². The van der Waals surface area contributed by atoms with Gasteiger partial charge in [0.05, 0.1) is 44.9 Å². The summed E-state index contributed by atoms with van der Waals surface area (Å²) in [6.45, 7) is 2.25. The maximum Gasteiger partial charge on any atom is 0.180 e. The number of pyridine rings is 4. The second kappa shape index (κ2) is 15.5. The van der Waals surface area contributed by atoms with Crippen LogP contribution in [0.15, 0.2) is 121 Å². The fraction of sp³-hybridized carbons (Fsp3) is 0.105. The standard InChI is InChI=1S/C23H17N5O4S2.C15H11N3.Ru/c1-2-18(27-10-14(8-24-27)22-20-16(12-33-22)29-4-6-31-20)26-19(3-1)28-11-15(9-25-28)23-21-17(13-34-23)30-5-7-32-21;1-3-10-16-12(6-1)14-8-5-9-15(18-14)13-7-2-4-11-17-13;/h1-3,8-13H,4-7H2;1-11H;. The van der Waals surface area contributed by atoms with E-state index in [4.69, 9.17) is 23.9 Å². The molecule has 0 amide bonds. The fourth-order valence-electron chi connectivity index (χ4n) is 5.67. The third kappa shape index (κ3) is 7.18. The molecular formula is C38H28N8O4RuS2. The molecule has 15 heteroatoms. The average Bonchev–Trinajstić information content (AvgIpc) is 4.05. The van der Waals surface area contributed by atoms with Crippen LogP contribution in [0.5, 0.6) is 23.0 Å². The minimum Gasteiger partial charge on any atom is -0.485 e. The van der Waals surface area contributed by atoms with E-state index in [1.54, 1.807) is 44.4 Å². The summed E-state index contributed by atoms with van der Waals surface area (Å²) in [4.78, 5) is 20.0. The zero-order valence-electron chi connectivity index (χ0n) is 27.8. The van der Waals surface area contributed by atoms with E-state index in [0.29, 0.717) is 38.1 Å². The number of nitrogens with zero attached hydrogens (tertiary/aromatic N) is 8.